The Morgan fingerprint density at radius 3 is 1.66 bits per heavy atom. The summed E-state index contributed by atoms with van der Waals surface area (Å²) in [6.07, 6.45) is 0. The first kappa shape index (κ1) is 36.0. The van der Waals surface area contributed by atoms with E-state index in [1.165, 1.54) is 54.3 Å². The summed E-state index contributed by atoms with van der Waals surface area (Å²) < 4.78 is 4.76. The summed E-state index contributed by atoms with van der Waals surface area (Å²) in [5.41, 5.74) is 16.9. The van der Waals surface area contributed by atoms with Gasteiger partial charge in [0.05, 0.1) is 26.9 Å². The van der Waals surface area contributed by atoms with Gasteiger partial charge < -0.3 is 4.57 Å². The van der Waals surface area contributed by atoms with Crippen LogP contribution >= 0.6 is 11.3 Å². The predicted octanol–water partition coefficient (Wildman–Crippen LogP) is 15.9. The fourth-order valence-corrected chi connectivity index (χ4v) is 10.2. The van der Waals surface area contributed by atoms with E-state index in [0.29, 0.717) is 0 Å². The molecule has 4 heteroatoms. The van der Waals surface area contributed by atoms with Crippen LogP contribution in [0.5, 0.6) is 0 Å². The van der Waals surface area contributed by atoms with Gasteiger partial charge in [0.1, 0.15) is 0 Å². The van der Waals surface area contributed by atoms with Crippen molar-refractivity contribution in [3.05, 3.63) is 224 Å². The lowest BCUT2D eigenvalue weighted by molar-refractivity contribution is 1.18. The van der Waals surface area contributed by atoms with Crippen LogP contribution in [0, 0.1) is 0 Å². The van der Waals surface area contributed by atoms with Crippen LogP contribution in [0.1, 0.15) is 0 Å². The Labute approximate surface area is 363 Å². The van der Waals surface area contributed by atoms with Gasteiger partial charge in [-0.2, -0.15) is 0 Å². The third-order valence-electron chi connectivity index (χ3n) is 12.0. The minimum Gasteiger partial charge on any atom is -0.309 e. The van der Waals surface area contributed by atoms with Crippen molar-refractivity contribution in [3.8, 4) is 72.8 Å². The number of fused-ring (bicyclic) bond motifs is 6. The maximum absolute atomic E-state index is 5.28. The molecule has 0 fully saturated rings. The number of thiophene rings is 1. The molecule has 0 aliphatic carbocycles. The van der Waals surface area contributed by atoms with E-state index in [1.54, 1.807) is 11.3 Å². The van der Waals surface area contributed by atoms with Gasteiger partial charge in [-0.3, -0.25) is 0 Å². The van der Waals surface area contributed by atoms with E-state index in [0.717, 1.165) is 60.6 Å². The normalized spacial score (nSPS) is 11.5. The Balaban J connectivity index is 1.01. The molecule has 0 atom stereocenters. The van der Waals surface area contributed by atoms with Crippen LogP contribution in [0.15, 0.2) is 224 Å². The quantitative estimate of drug-likeness (QED) is 0.161. The van der Waals surface area contributed by atoms with E-state index in [4.69, 9.17) is 9.97 Å². The zero-order valence-corrected chi connectivity index (χ0v) is 34.4. The number of nitrogens with zero attached hydrogens (tertiary/aromatic N) is 3. The Morgan fingerprint density at radius 2 is 0.919 bits per heavy atom. The first-order chi connectivity index (χ1) is 30.7. The molecule has 9 aromatic carbocycles. The van der Waals surface area contributed by atoms with Crippen LogP contribution in [0.25, 0.3) is 115 Å². The van der Waals surface area contributed by atoms with E-state index in [9.17, 15) is 0 Å². The van der Waals surface area contributed by atoms with E-state index in [-0.39, 0.29) is 0 Å². The van der Waals surface area contributed by atoms with Gasteiger partial charge in [0.25, 0.3) is 0 Å². The van der Waals surface area contributed by atoms with Gasteiger partial charge in [-0.1, -0.05) is 176 Å². The molecule has 0 radical (unpaired) electrons. The van der Waals surface area contributed by atoms with Gasteiger partial charge in [0.2, 0.25) is 0 Å². The van der Waals surface area contributed by atoms with Crippen LogP contribution in [-0.2, 0) is 0 Å². The Hall–Kier alpha value is -7.92. The molecule has 0 N–H and O–H groups in total. The largest absolute Gasteiger partial charge is 0.309 e. The van der Waals surface area contributed by atoms with Gasteiger partial charge in [0, 0.05) is 37.7 Å². The van der Waals surface area contributed by atoms with Crippen molar-refractivity contribution in [1.82, 2.24) is 14.5 Å². The molecule has 0 unspecified atom stereocenters. The van der Waals surface area contributed by atoms with Crippen LogP contribution in [0.4, 0.5) is 0 Å². The van der Waals surface area contributed by atoms with E-state index in [1.807, 2.05) is 0 Å². The van der Waals surface area contributed by atoms with Crippen LogP contribution in [-0.4, -0.2) is 14.5 Å². The molecule has 3 heterocycles. The fraction of sp³-hybridized carbons (Fsp3) is 0. The van der Waals surface area contributed by atoms with Crippen molar-refractivity contribution >= 4 is 53.4 Å². The summed E-state index contributed by atoms with van der Waals surface area (Å²) in [4.78, 5) is 10.5. The standard InChI is InChI=1S/C58H37N3S/c1-4-16-38(17-5-1)43-24-14-27-47(36-43)61-51-33-32-44(39-18-6-2-7-19-39)37-50(51)54-48(29-15-30-52(54)61)45-25-12-22-41(34-45)42-23-13-26-46(35-42)58-59-55(40-20-8-3-9-21-40)57-56(60-58)49-28-10-11-31-53(49)62-57/h1-37H. The molecule has 3 aromatic heterocycles. The predicted molar refractivity (Wildman–Crippen MR) is 262 cm³/mol. The number of hydrogen-bond acceptors (Lipinski definition) is 3. The van der Waals surface area contributed by atoms with Gasteiger partial charge in [0.15, 0.2) is 5.82 Å². The number of rotatable bonds is 7. The molecule has 12 aromatic rings. The summed E-state index contributed by atoms with van der Waals surface area (Å²) in [5.74, 6) is 0.723. The molecular weight excluding hydrogens is 771 g/mol. The highest BCUT2D eigenvalue weighted by molar-refractivity contribution is 7.26. The molecule has 0 spiro atoms. The molecule has 0 amide bonds. The van der Waals surface area contributed by atoms with Crippen molar-refractivity contribution in [2.24, 2.45) is 0 Å². The maximum Gasteiger partial charge on any atom is 0.160 e. The number of benzene rings is 9. The zero-order valence-electron chi connectivity index (χ0n) is 33.6. The van der Waals surface area contributed by atoms with Crippen molar-refractivity contribution < 1.29 is 0 Å². The van der Waals surface area contributed by atoms with Crippen molar-refractivity contribution in [2.75, 3.05) is 0 Å². The lowest BCUT2D eigenvalue weighted by Crippen LogP contribution is -1.94. The third kappa shape index (κ3) is 6.20. The van der Waals surface area contributed by atoms with Crippen LogP contribution in [0.3, 0.4) is 0 Å². The summed E-state index contributed by atoms with van der Waals surface area (Å²) in [7, 11) is 0. The van der Waals surface area contributed by atoms with Crippen molar-refractivity contribution in [1.29, 1.82) is 0 Å². The summed E-state index contributed by atoms with van der Waals surface area (Å²) in [6, 6.07) is 80.5. The second kappa shape index (κ2) is 15.0. The summed E-state index contributed by atoms with van der Waals surface area (Å²) >= 11 is 1.76. The van der Waals surface area contributed by atoms with Crippen molar-refractivity contribution in [3.63, 3.8) is 0 Å². The second-order valence-electron chi connectivity index (χ2n) is 15.7. The SMILES string of the molecule is c1ccc(-c2cccc(-n3c4ccc(-c5ccccc5)cc4c4c(-c5cccc(-c6cccc(-c7nc(-c8ccccc8)c8sc9ccccc9c8n7)c6)c5)cccc43)c2)cc1. The summed E-state index contributed by atoms with van der Waals surface area (Å²) in [5, 5.41) is 3.61. The van der Waals surface area contributed by atoms with Gasteiger partial charge >= 0.3 is 0 Å². The Bertz CT molecular complexity index is 3620. The topological polar surface area (TPSA) is 30.7 Å². The number of hydrogen-bond donors (Lipinski definition) is 0. The van der Waals surface area contributed by atoms with E-state index in [2.05, 4.69) is 229 Å². The highest BCUT2D eigenvalue weighted by Crippen LogP contribution is 2.43. The Morgan fingerprint density at radius 1 is 0.355 bits per heavy atom. The summed E-state index contributed by atoms with van der Waals surface area (Å²) in [6.45, 7) is 0. The van der Waals surface area contributed by atoms with Gasteiger partial charge in [-0.05, 0) is 93.0 Å². The molecule has 12 rings (SSSR count). The van der Waals surface area contributed by atoms with Crippen LogP contribution < -0.4 is 0 Å². The van der Waals surface area contributed by atoms with E-state index >= 15 is 0 Å². The molecule has 0 saturated carbocycles. The second-order valence-corrected chi connectivity index (χ2v) is 16.8. The third-order valence-corrected chi connectivity index (χ3v) is 13.2. The molecule has 290 valence electrons. The highest BCUT2D eigenvalue weighted by atomic mass is 32.1. The average Bonchev–Trinajstić information content (AvgIpc) is 3.90. The lowest BCUT2D eigenvalue weighted by atomic mass is 9.94. The van der Waals surface area contributed by atoms with Gasteiger partial charge in [-0.25, -0.2) is 9.97 Å². The minimum absolute atomic E-state index is 0.723. The molecule has 3 nitrogen and oxygen atoms in total. The molecule has 0 aliphatic rings. The number of aromatic nitrogens is 3. The zero-order chi connectivity index (χ0) is 41.0. The monoisotopic (exact) mass is 807 g/mol. The smallest absolute Gasteiger partial charge is 0.160 e. The molecular formula is C58H37N3S. The average molecular weight is 808 g/mol. The first-order valence-electron chi connectivity index (χ1n) is 21.0. The van der Waals surface area contributed by atoms with Crippen LogP contribution in [0.2, 0.25) is 0 Å². The molecule has 0 saturated heterocycles. The van der Waals surface area contributed by atoms with Gasteiger partial charge in [-0.15, -0.1) is 11.3 Å². The molecule has 62 heavy (non-hydrogen) atoms. The van der Waals surface area contributed by atoms with Crippen molar-refractivity contribution in [2.45, 2.75) is 0 Å². The molecule has 0 bridgehead atoms. The fourth-order valence-electron chi connectivity index (χ4n) is 9.07. The molecule has 0 aliphatic heterocycles. The Kier molecular flexibility index (Phi) is 8.68. The first-order valence-corrected chi connectivity index (χ1v) is 21.8. The minimum atomic E-state index is 0.723. The maximum atomic E-state index is 5.28. The lowest BCUT2D eigenvalue weighted by Gasteiger charge is -2.12. The highest BCUT2D eigenvalue weighted by Gasteiger charge is 2.20. The van der Waals surface area contributed by atoms with E-state index < -0.39 is 0 Å².